The second-order valence-electron chi connectivity index (χ2n) is 6.21. The number of halogens is 2. The summed E-state index contributed by atoms with van der Waals surface area (Å²) in [4.78, 5) is 3.91. The highest BCUT2D eigenvalue weighted by Gasteiger charge is 2.27. The van der Waals surface area contributed by atoms with Crippen LogP contribution in [0.4, 0.5) is 19.6 Å². The van der Waals surface area contributed by atoms with Crippen molar-refractivity contribution >= 4 is 28.9 Å². The first-order chi connectivity index (χ1) is 12.1. The van der Waals surface area contributed by atoms with Crippen molar-refractivity contribution in [3.05, 3.63) is 52.2 Å². The summed E-state index contributed by atoms with van der Waals surface area (Å²) in [6, 6.07) is 7.47. The number of thiazole rings is 1. The summed E-state index contributed by atoms with van der Waals surface area (Å²) in [5.74, 6) is -3.05. The minimum atomic E-state index is -2.95. The molecule has 2 N–H and O–H groups in total. The number of hydroxylamine groups is 1. The third-order valence-corrected chi connectivity index (χ3v) is 4.65. The summed E-state index contributed by atoms with van der Waals surface area (Å²) in [5, 5.41) is 19.0. The van der Waals surface area contributed by atoms with Crippen molar-refractivity contribution in [1.29, 1.82) is 0 Å². The van der Waals surface area contributed by atoms with Crippen molar-refractivity contribution < 1.29 is 14.0 Å². The molecule has 26 heavy (non-hydrogen) atoms. The molecular formula is C18H22F2N4OS. The van der Waals surface area contributed by atoms with Gasteiger partial charge in [0.1, 0.15) is 5.69 Å². The van der Waals surface area contributed by atoms with E-state index in [0.29, 0.717) is 10.8 Å². The molecule has 5 nitrogen and oxygen atoms in total. The van der Waals surface area contributed by atoms with E-state index in [1.807, 2.05) is 45.0 Å². The van der Waals surface area contributed by atoms with Gasteiger partial charge in [0.2, 0.25) is 0 Å². The number of rotatable bonds is 7. The molecule has 0 aliphatic carbocycles. The number of nitrogens with one attached hydrogen (secondary N) is 1. The second-order valence-corrected chi connectivity index (χ2v) is 7.07. The topological polar surface area (TPSA) is 60.8 Å². The molecule has 0 fully saturated rings. The van der Waals surface area contributed by atoms with Gasteiger partial charge in [-0.05, 0) is 31.5 Å². The lowest BCUT2D eigenvalue weighted by Gasteiger charge is -2.23. The maximum atomic E-state index is 13.3. The van der Waals surface area contributed by atoms with Gasteiger partial charge in [0, 0.05) is 30.6 Å². The third kappa shape index (κ3) is 4.64. The zero-order valence-electron chi connectivity index (χ0n) is 15.1. The molecule has 0 unspecified atom stereocenters. The highest BCUT2D eigenvalue weighted by atomic mass is 32.1. The van der Waals surface area contributed by atoms with Gasteiger partial charge < -0.3 is 5.32 Å². The van der Waals surface area contributed by atoms with Crippen LogP contribution in [0.5, 0.6) is 0 Å². The number of hydrazone groups is 1. The van der Waals surface area contributed by atoms with Crippen LogP contribution in [0, 0.1) is 0 Å². The molecule has 0 spiro atoms. The summed E-state index contributed by atoms with van der Waals surface area (Å²) in [5.41, 5.74) is 3.03. The van der Waals surface area contributed by atoms with Crippen LogP contribution in [-0.2, 0) is 5.92 Å². The number of hydrogen-bond acceptors (Lipinski definition) is 6. The molecule has 0 radical (unpaired) electrons. The average Bonchev–Trinajstić information content (AvgIpc) is 3.04. The van der Waals surface area contributed by atoms with Gasteiger partial charge in [-0.2, -0.15) is 13.9 Å². The van der Waals surface area contributed by atoms with Crippen LogP contribution in [0.25, 0.3) is 0 Å². The van der Waals surface area contributed by atoms with Gasteiger partial charge in [-0.3, -0.25) is 5.21 Å². The fourth-order valence-corrected chi connectivity index (χ4v) is 3.36. The molecule has 0 bridgehead atoms. The predicted octanol–water partition coefficient (Wildman–Crippen LogP) is 5.70. The Bertz CT molecular complexity index is 792. The van der Waals surface area contributed by atoms with Crippen LogP contribution in [0.3, 0.4) is 0 Å². The first-order valence-electron chi connectivity index (χ1n) is 7.97. The van der Waals surface area contributed by atoms with Gasteiger partial charge in [-0.25, -0.2) is 4.98 Å². The Kier molecular flexibility index (Phi) is 6.09. The molecule has 2 aromatic rings. The molecule has 0 aliphatic heterocycles. The first kappa shape index (κ1) is 20.0. The van der Waals surface area contributed by atoms with E-state index in [9.17, 15) is 14.0 Å². The number of anilines is 2. The molecule has 2 rings (SSSR count). The van der Waals surface area contributed by atoms with Crippen LogP contribution < -0.4 is 5.32 Å². The summed E-state index contributed by atoms with van der Waals surface area (Å²) < 4.78 is 26.5. The average molecular weight is 380 g/mol. The smallest absolute Gasteiger partial charge is 0.287 e. The monoisotopic (exact) mass is 380 g/mol. The normalized spacial score (nSPS) is 12.4. The van der Waals surface area contributed by atoms with Crippen LogP contribution >= 0.6 is 11.3 Å². The van der Waals surface area contributed by atoms with E-state index in [4.69, 9.17) is 0 Å². The molecule has 8 heteroatoms. The Hall–Kier alpha value is -2.32. The van der Waals surface area contributed by atoms with Crippen molar-refractivity contribution in [2.24, 2.45) is 5.10 Å². The largest absolute Gasteiger partial charge is 0.332 e. The van der Waals surface area contributed by atoms with E-state index in [-0.39, 0.29) is 11.6 Å². The van der Waals surface area contributed by atoms with Crippen molar-refractivity contribution in [3.63, 3.8) is 0 Å². The lowest BCUT2D eigenvalue weighted by Crippen LogP contribution is -2.17. The molecule has 0 saturated heterocycles. The van der Waals surface area contributed by atoms with E-state index in [1.54, 1.807) is 0 Å². The second kappa shape index (κ2) is 7.92. The molecule has 1 heterocycles. The Labute approximate surface area is 155 Å². The van der Waals surface area contributed by atoms with E-state index in [1.165, 1.54) is 5.38 Å². The van der Waals surface area contributed by atoms with E-state index < -0.39 is 5.92 Å². The molecule has 0 saturated carbocycles. The fraction of sp³-hybridized carbons (Fsp3) is 0.333. The van der Waals surface area contributed by atoms with Gasteiger partial charge in [0.15, 0.2) is 5.13 Å². The number of nitrogens with zero attached hydrogens (tertiary/aromatic N) is 3. The highest BCUT2D eigenvalue weighted by molar-refractivity contribution is 7.13. The standard InChI is InChI=1S/C18H22F2N4OS/c1-11(2)16(24(25)21-5)12(3)13-6-8-14(9-7-13)22-17-23-15(10-26-17)18(4,19)20/h6-10,12,25H,5H2,1-4H3,(H,22,23)/t12-/m1/s1. The molecule has 140 valence electrons. The van der Waals surface area contributed by atoms with Gasteiger partial charge in [0.25, 0.3) is 5.92 Å². The number of allylic oxidation sites excluding steroid dienone is 2. The molecule has 1 atom stereocenters. The molecule has 0 amide bonds. The van der Waals surface area contributed by atoms with E-state index in [0.717, 1.165) is 40.3 Å². The summed E-state index contributed by atoms with van der Waals surface area (Å²) in [6.07, 6.45) is 0. The van der Waals surface area contributed by atoms with Crippen LogP contribution in [0.1, 0.15) is 44.9 Å². The molecule has 1 aromatic carbocycles. The first-order valence-corrected chi connectivity index (χ1v) is 8.85. The molecule has 0 aliphatic rings. The van der Waals surface area contributed by atoms with Gasteiger partial charge in [-0.1, -0.05) is 24.6 Å². The SMILES string of the molecule is C=NN(O)C(=C(C)C)[C@H](C)c1ccc(Nc2nc(C(C)(F)F)cs2)cc1. The number of benzene rings is 1. The minimum Gasteiger partial charge on any atom is -0.332 e. The van der Waals surface area contributed by atoms with Crippen molar-refractivity contribution in [1.82, 2.24) is 10.2 Å². The maximum absolute atomic E-state index is 13.3. The minimum absolute atomic E-state index is 0.102. The van der Waals surface area contributed by atoms with Crippen LogP contribution in [-0.4, -0.2) is 22.1 Å². The summed E-state index contributed by atoms with van der Waals surface area (Å²) >= 11 is 1.13. The lowest BCUT2D eigenvalue weighted by molar-refractivity contribution is -0.0587. The van der Waals surface area contributed by atoms with E-state index in [2.05, 4.69) is 22.1 Å². The van der Waals surface area contributed by atoms with Crippen molar-refractivity contribution in [2.75, 3.05) is 5.32 Å². The number of aromatic nitrogens is 1. The zero-order chi connectivity index (χ0) is 19.5. The van der Waals surface area contributed by atoms with Crippen molar-refractivity contribution in [2.45, 2.75) is 39.5 Å². The van der Waals surface area contributed by atoms with Gasteiger partial charge in [-0.15, -0.1) is 16.5 Å². The Morgan fingerprint density at radius 3 is 2.42 bits per heavy atom. The Morgan fingerprint density at radius 2 is 1.96 bits per heavy atom. The lowest BCUT2D eigenvalue weighted by atomic mass is 9.95. The Morgan fingerprint density at radius 1 is 1.35 bits per heavy atom. The zero-order valence-corrected chi connectivity index (χ0v) is 15.9. The van der Waals surface area contributed by atoms with Gasteiger partial charge in [0.05, 0.1) is 5.70 Å². The van der Waals surface area contributed by atoms with E-state index >= 15 is 0 Å². The third-order valence-electron chi connectivity index (χ3n) is 3.89. The Balaban J connectivity index is 2.16. The predicted molar refractivity (Wildman–Crippen MR) is 101 cm³/mol. The summed E-state index contributed by atoms with van der Waals surface area (Å²) in [6.45, 7) is 9.90. The maximum Gasteiger partial charge on any atom is 0.287 e. The quantitative estimate of drug-likeness (QED) is 0.478. The molecular weight excluding hydrogens is 358 g/mol. The van der Waals surface area contributed by atoms with Crippen molar-refractivity contribution in [3.8, 4) is 0 Å². The highest BCUT2D eigenvalue weighted by Crippen LogP contribution is 2.32. The summed E-state index contributed by atoms with van der Waals surface area (Å²) in [7, 11) is 0. The number of hydrogen-bond donors (Lipinski definition) is 2. The van der Waals surface area contributed by atoms with Gasteiger partial charge >= 0.3 is 0 Å². The van der Waals surface area contributed by atoms with Crippen LogP contribution in [0.2, 0.25) is 0 Å². The number of alkyl halides is 2. The molecule has 1 aromatic heterocycles. The van der Waals surface area contributed by atoms with Crippen LogP contribution in [0.15, 0.2) is 46.0 Å². The fourth-order valence-electron chi connectivity index (χ4n) is 2.55.